The Morgan fingerprint density at radius 3 is 2.33 bits per heavy atom. The maximum Gasteiger partial charge on any atom is 0.246 e. The van der Waals surface area contributed by atoms with Crippen LogP contribution in [0.2, 0.25) is 0 Å². The van der Waals surface area contributed by atoms with Crippen LogP contribution in [0, 0.1) is 18.6 Å². The Hall–Kier alpha value is -2.03. The van der Waals surface area contributed by atoms with Crippen LogP contribution >= 0.6 is 0 Å². The molecule has 1 atom stereocenters. The average molecular weight is 436 g/mol. The van der Waals surface area contributed by atoms with Gasteiger partial charge in [0.25, 0.3) is 0 Å². The molecule has 1 aliphatic heterocycles. The van der Waals surface area contributed by atoms with Gasteiger partial charge in [-0.2, -0.15) is 0 Å². The highest BCUT2D eigenvalue weighted by molar-refractivity contribution is 7.89. The Labute approximate surface area is 176 Å². The summed E-state index contributed by atoms with van der Waals surface area (Å²) >= 11 is 0. The summed E-state index contributed by atoms with van der Waals surface area (Å²) in [6.45, 7) is 5.87. The summed E-state index contributed by atoms with van der Waals surface area (Å²) in [5.41, 5.74) is 4.75. The summed E-state index contributed by atoms with van der Waals surface area (Å²) in [5, 5.41) is 0. The van der Waals surface area contributed by atoms with E-state index in [4.69, 9.17) is 0 Å². The van der Waals surface area contributed by atoms with Crippen molar-refractivity contribution in [2.75, 3.05) is 38.1 Å². The molecule has 0 saturated carbocycles. The summed E-state index contributed by atoms with van der Waals surface area (Å²) < 4.78 is 56.2. The van der Waals surface area contributed by atoms with Gasteiger partial charge in [-0.15, -0.1) is 0 Å². The molecule has 1 fully saturated rings. The second-order valence-corrected chi connectivity index (χ2v) is 9.91. The second kappa shape index (κ2) is 8.24. The first-order valence-corrected chi connectivity index (χ1v) is 11.8. The highest BCUT2D eigenvalue weighted by Crippen LogP contribution is 2.34. The minimum Gasteiger partial charge on any atom is -0.369 e. The fourth-order valence-corrected chi connectivity index (χ4v) is 5.91. The standard InChI is InChI=1S/C22H27F2N3O2S/c1-15-6-9-21(27-12-10-26(2)11-13-27)18-14-16(7-8-17(15)18)25-30(28,29)22-19(23)4-3-5-20(22)24/h3-6,9,16,25H,7-8,10-14H2,1-2H3/t16-/m1/s1. The van der Waals surface area contributed by atoms with E-state index in [1.165, 1.54) is 11.1 Å². The lowest BCUT2D eigenvalue weighted by atomic mass is 9.84. The maximum atomic E-state index is 14.1. The number of benzene rings is 2. The quantitative estimate of drug-likeness (QED) is 0.803. The molecule has 1 heterocycles. The zero-order chi connectivity index (χ0) is 21.5. The smallest absolute Gasteiger partial charge is 0.246 e. The number of nitrogens with one attached hydrogen (secondary N) is 1. The summed E-state index contributed by atoms with van der Waals surface area (Å²) in [5.74, 6) is -2.15. The minimum atomic E-state index is -4.30. The third kappa shape index (κ3) is 4.08. The molecule has 1 aliphatic carbocycles. The highest BCUT2D eigenvalue weighted by atomic mass is 32.2. The van der Waals surface area contributed by atoms with Crippen LogP contribution in [0.15, 0.2) is 35.2 Å². The lowest BCUT2D eigenvalue weighted by Crippen LogP contribution is -2.45. The molecule has 5 nitrogen and oxygen atoms in total. The number of rotatable bonds is 4. The number of hydrogen-bond acceptors (Lipinski definition) is 4. The maximum absolute atomic E-state index is 14.1. The molecule has 162 valence electrons. The van der Waals surface area contributed by atoms with E-state index in [0.717, 1.165) is 62.0 Å². The van der Waals surface area contributed by atoms with Gasteiger partial charge in [0, 0.05) is 37.9 Å². The van der Waals surface area contributed by atoms with E-state index in [1.54, 1.807) is 0 Å². The Kier molecular flexibility index (Phi) is 5.83. The predicted molar refractivity (Wildman–Crippen MR) is 113 cm³/mol. The van der Waals surface area contributed by atoms with Gasteiger partial charge in [0.15, 0.2) is 4.90 Å². The van der Waals surface area contributed by atoms with Crippen molar-refractivity contribution in [1.82, 2.24) is 9.62 Å². The van der Waals surface area contributed by atoms with Gasteiger partial charge in [-0.1, -0.05) is 12.1 Å². The van der Waals surface area contributed by atoms with Crippen LogP contribution in [0.1, 0.15) is 23.1 Å². The van der Waals surface area contributed by atoms with Gasteiger partial charge < -0.3 is 9.80 Å². The van der Waals surface area contributed by atoms with E-state index in [-0.39, 0.29) is 0 Å². The molecule has 8 heteroatoms. The van der Waals surface area contributed by atoms with Crippen molar-refractivity contribution in [2.45, 2.75) is 37.1 Å². The van der Waals surface area contributed by atoms with Gasteiger partial charge in [0.1, 0.15) is 11.6 Å². The molecule has 1 N–H and O–H groups in total. The van der Waals surface area contributed by atoms with Crippen LogP contribution in [0.5, 0.6) is 0 Å². The van der Waals surface area contributed by atoms with E-state index in [2.05, 4.69) is 40.6 Å². The highest BCUT2D eigenvalue weighted by Gasteiger charge is 2.31. The number of aryl methyl sites for hydroxylation is 1. The first-order valence-electron chi connectivity index (χ1n) is 10.3. The number of hydrogen-bond donors (Lipinski definition) is 1. The fourth-order valence-electron chi connectivity index (χ4n) is 4.50. The molecule has 0 bridgehead atoms. The lowest BCUT2D eigenvalue weighted by molar-refractivity contribution is 0.312. The van der Waals surface area contributed by atoms with Crippen molar-refractivity contribution in [3.63, 3.8) is 0 Å². The zero-order valence-electron chi connectivity index (χ0n) is 17.3. The largest absolute Gasteiger partial charge is 0.369 e. The van der Waals surface area contributed by atoms with Gasteiger partial charge in [0.2, 0.25) is 10.0 Å². The van der Waals surface area contributed by atoms with Crippen molar-refractivity contribution >= 4 is 15.7 Å². The molecule has 0 aromatic heterocycles. The van der Waals surface area contributed by atoms with Crippen LogP contribution in [-0.2, 0) is 22.9 Å². The number of nitrogens with zero attached hydrogens (tertiary/aromatic N) is 2. The van der Waals surface area contributed by atoms with E-state index < -0.39 is 32.6 Å². The number of piperazine rings is 1. The zero-order valence-corrected chi connectivity index (χ0v) is 18.1. The molecular weight excluding hydrogens is 408 g/mol. The Bertz CT molecular complexity index is 1030. The second-order valence-electron chi connectivity index (χ2n) is 8.26. The van der Waals surface area contributed by atoms with Crippen LogP contribution in [0.25, 0.3) is 0 Å². The molecule has 0 radical (unpaired) electrons. The van der Waals surface area contributed by atoms with Gasteiger partial charge in [-0.3, -0.25) is 0 Å². The van der Waals surface area contributed by atoms with E-state index in [0.29, 0.717) is 12.8 Å². The minimum absolute atomic E-state index is 0.408. The van der Waals surface area contributed by atoms with Crippen molar-refractivity contribution in [3.05, 3.63) is 58.7 Å². The molecule has 2 aromatic rings. The molecule has 0 unspecified atom stereocenters. The molecule has 2 aromatic carbocycles. The van der Waals surface area contributed by atoms with E-state index in [1.807, 2.05) is 0 Å². The SMILES string of the molecule is Cc1ccc(N2CCN(C)CC2)c2c1CC[C@@H](NS(=O)(=O)c1c(F)cccc1F)C2. The number of sulfonamides is 1. The van der Waals surface area contributed by atoms with Crippen LogP contribution < -0.4 is 9.62 Å². The van der Waals surface area contributed by atoms with Crippen molar-refractivity contribution in [1.29, 1.82) is 0 Å². The molecule has 30 heavy (non-hydrogen) atoms. The molecule has 0 spiro atoms. The molecule has 1 saturated heterocycles. The Morgan fingerprint density at radius 1 is 1.00 bits per heavy atom. The Morgan fingerprint density at radius 2 is 1.67 bits per heavy atom. The third-order valence-corrected chi connectivity index (χ3v) is 7.76. The number of halogens is 2. The lowest BCUT2D eigenvalue weighted by Gasteiger charge is -2.37. The Balaban J connectivity index is 1.61. The first kappa shape index (κ1) is 21.2. The van der Waals surface area contributed by atoms with Crippen molar-refractivity contribution < 1.29 is 17.2 Å². The number of fused-ring (bicyclic) bond motifs is 1. The molecular formula is C22H27F2N3O2S. The topological polar surface area (TPSA) is 52.6 Å². The van der Waals surface area contributed by atoms with Crippen LogP contribution in [-0.4, -0.2) is 52.6 Å². The van der Waals surface area contributed by atoms with Gasteiger partial charge in [-0.05, 0) is 68.1 Å². The predicted octanol–water partition coefficient (Wildman–Crippen LogP) is 2.86. The van der Waals surface area contributed by atoms with Gasteiger partial charge >= 0.3 is 0 Å². The van der Waals surface area contributed by atoms with Crippen molar-refractivity contribution in [3.8, 4) is 0 Å². The van der Waals surface area contributed by atoms with Crippen LogP contribution in [0.3, 0.4) is 0 Å². The van der Waals surface area contributed by atoms with E-state index in [9.17, 15) is 17.2 Å². The molecule has 0 amide bonds. The first-order chi connectivity index (χ1) is 14.3. The number of anilines is 1. The molecule has 2 aliphatic rings. The van der Waals surface area contributed by atoms with E-state index >= 15 is 0 Å². The summed E-state index contributed by atoms with van der Waals surface area (Å²) in [6, 6.07) is 6.92. The van der Waals surface area contributed by atoms with Gasteiger partial charge in [-0.25, -0.2) is 21.9 Å². The average Bonchev–Trinajstić information content (AvgIpc) is 2.68. The monoisotopic (exact) mass is 435 g/mol. The summed E-state index contributed by atoms with van der Waals surface area (Å²) in [7, 11) is -2.19. The normalized spacial score (nSPS) is 20.3. The summed E-state index contributed by atoms with van der Waals surface area (Å²) in [6.07, 6.45) is 1.83. The molecule has 4 rings (SSSR count). The number of likely N-dealkylation sites (N-methyl/N-ethyl adjacent to an activating group) is 1. The summed E-state index contributed by atoms with van der Waals surface area (Å²) in [4.78, 5) is 3.74. The van der Waals surface area contributed by atoms with Crippen molar-refractivity contribution in [2.24, 2.45) is 0 Å². The van der Waals surface area contributed by atoms with Crippen LogP contribution in [0.4, 0.5) is 14.5 Å². The van der Waals surface area contributed by atoms with Gasteiger partial charge in [0.05, 0.1) is 0 Å². The fraction of sp³-hybridized carbons (Fsp3) is 0.455. The third-order valence-electron chi connectivity index (χ3n) is 6.19.